The molecule has 1 atom stereocenters. The van der Waals surface area contributed by atoms with Gasteiger partial charge in [0.1, 0.15) is 5.75 Å². The fourth-order valence-electron chi connectivity index (χ4n) is 4.55. The molecule has 1 unspecified atom stereocenters. The van der Waals surface area contributed by atoms with Crippen LogP contribution in [0.25, 0.3) is 0 Å². The van der Waals surface area contributed by atoms with E-state index in [0.29, 0.717) is 32.5 Å². The van der Waals surface area contributed by atoms with Crippen LogP contribution in [0.5, 0.6) is 5.75 Å². The quantitative estimate of drug-likeness (QED) is 0.665. The van der Waals surface area contributed by atoms with Crippen molar-refractivity contribution in [2.75, 3.05) is 26.7 Å². The van der Waals surface area contributed by atoms with E-state index in [1.54, 1.807) is 7.11 Å². The minimum atomic E-state index is -0.125. The van der Waals surface area contributed by atoms with Crippen molar-refractivity contribution in [2.45, 2.75) is 44.9 Å². The molecule has 0 radical (unpaired) electrons. The number of piperidine rings is 2. The van der Waals surface area contributed by atoms with Crippen LogP contribution in [0.4, 0.5) is 0 Å². The molecule has 0 N–H and O–H groups in total. The highest BCUT2D eigenvalue weighted by Gasteiger charge is 2.34. The Bertz CT molecular complexity index is 909. The zero-order valence-electron chi connectivity index (χ0n) is 18.7. The average molecular weight is 437 g/mol. The van der Waals surface area contributed by atoms with E-state index >= 15 is 0 Å². The van der Waals surface area contributed by atoms with Crippen LogP contribution in [-0.2, 0) is 27.5 Å². The van der Waals surface area contributed by atoms with Gasteiger partial charge in [-0.1, -0.05) is 42.5 Å². The summed E-state index contributed by atoms with van der Waals surface area (Å²) >= 11 is 0. The average Bonchev–Trinajstić information content (AvgIpc) is 2.85. The molecule has 0 aromatic heterocycles. The Kier molecular flexibility index (Phi) is 7.43. The first-order valence-corrected chi connectivity index (χ1v) is 11.5. The highest BCUT2D eigenvalue weighted by molar-refractivity contribution is 5.84. The summed E-state index contributed by atoms with van der Waals surface area (Å²) in [5, 5.41) is 0. The molecule has 2 fully saturated rings. The first-order chi connectivity index (χ1) is 15.6. The van der Waals surface area contributed by atoms with Crippen molar-refractivity contribution in [1.82, 2.24) is 9.80 Å². The highest BCUT2D eigenvalue weighted by Crippen LogP contribution is 2.25. The molecular formula is C26H32N2O4. The summed E-state index contributed by atoms with van der Waals surface area (Å²) < 4.78 is 11.3. The Balaban J connectivity index is 1.27. The molecular weight excluding hydrogens is 404 g/mol. The van der Waals surface area contributed by atoms with Crippen molar-refractivity contribution in [3.8, 4) is 5.75 Å². The molecule has 32 heavy (non-hydrogen) atoms. The number of ether oxygens (including phenoxy) is 2. The molecule has 2 saturated heterocycles. The summed E-state index contributed by atoms with van der Waals surface area (Å²) in [7, 11) is 1.63. The number of carbonyl (C=O) groups excluding carboxylic acids is 2. The molecule has 2 aliphatic rings. The number of likely N-dealkylation sites (tertiary alicyclic amines) is 2. The van der Waals surface area contributed by atoms with E-state index in [1.807, 2.05) is 52.3 Å². The maximum Gasteiger partial charge on any atom is 0.227 e. The fraction of sp³-hybridized carbons (Fsp3) is 0.462. The summed E-state index contributed by atoms with van der Waals surface area (Å²) in [6, 6.07) is 17.9. The van der Waals surface area contributed by atoms with Crippen LogP contribution in [0.2, 0.25) is 0 Å². The normalized spacial score (nSPS) is 19.8. The minimum Gasteiger partial charge on any atom is -0.497 e. The standard InChI is InChI=1S/C26H32N2O4/c1-31-24-9-5-8-21(16-24)17-28-18-22(10-11-25(28)29)26(30)27-14-12-23(13-15-27)32-19-20-6-3-2-4-7-20/h2-9,16,22-23H,10-15,17-19H2,1H3. The van der Waals surface area contributed by atoms with Gasteiger partial charge in [0.2, 0.25) is 11.8 Å². The SMILES string of the molecule is COc1cccc(CN2CC(C(=O)N3CCC(OCc4ccccc4)CC3)CCC2=O)c1. The first-order valence-electron chi connectivity index (χ1n) is 11.5. The zero-order valence-corrected chi connectivity index (χ0v) is 18.7. The molecule has 2 heterocycles. The van der Waals surface area contributed by atoms with Gasteiger partial charge in [0.05, 0.1) is 25.7 Å². The van der Waals surface area contributed by atoms with Crippen molar-refractivity contribution in [3.05, 3.63) is 65.7 Å². The van der Waals surface area contributed by atoms with Crippen molar-refractivity contribution >= 4 is 11.8 Å². The molecule has 6 heteroatoms. The smallest absolute Gasteiger partial charge is 0.227 e. The molecule has 2 aromatic carbocycles. The third kappa shape index (κ3) is 5.68. The molecule has 4 rings (SSSR count). The van der Waals surface area contributed by atoms with Crippen molar-refractivity contribution in [3.63, 3.8) is 0 Å². The second-order valence-corrected chi connectivity index (χ2v) is 8.68. The fourth-order valence-corrected chi connectivity index (χ4v) is 4.55. The van der Waals surface area contributed by atoms with E-state index in [1.165, 1.54) is 5.56 Å². The van der Waals surface area contributed by atoms with E-state index in [0.717, 1.165) is 37.2 Å². The predicted molar refractivity (Wildman–Crippen MR) is 122 cm³/mol. The van der Waals surface area contributed by atoms with Crippen LogP contribution in [0.15, 0.2) is 54.6 Å². The van der Waals surface area contributed by atoms with E-state index in [9.17, 15) is 9.59 Å². The molecule has 2 amide bonds. The predicted octanol–water partition coefficient (Wildman–Crippen LogP) is 3.64. The lowest BCUT2D eigenvalue weighted by atomic mass is 9.94. The molecule has 0 spiro atoms. The second-order valence-electron chi connectivity index (χ2n) is 8.68. The Morgan fingerprint density at radius 3 is 2.50 bits per heavy atom. The van der Waals surface area contributed by atoms with Gasteiger partial charge < -0.3 is 19.3 Å². The summed E-state index contributed by atoms with van der Waals surface area (Å²) in [5.74, 6) is 0.941. The molecule has 0 aliphatic carbocycles. The van der Waals surface area contributed by atoms with Crippen molar-refractivity contribution in [2.24, 2.45) is 5.92 Å². The zero-order chi connectivity index (χ0) is 22.3. The van der Waals surface area contributed by atoms with E-state index in [4.69, 9.17) is 9.47 Å². The topological polar surface area (TPSA) is 59.1 Å². The van der Waals surface area contributed by atoms with Gasteiger partial charge in [-0.3, -0.25) is 9.59 Å². The number of carbonyl (C=O) groups is 2. The summed E-state index contributed by atoms with van der Waals surface area (Å²) in [5.41, 5.74) is 2.19. The van der Waals surface area contributed by atoms with Crippen LogP contribution in [0.1, 0.15) is 36.8 Å². The Labute approximate surface area is 190 Å². The van der Waals surface area contributed by atoms with E-state index < -0.39 is 0 Å². The molecule has 0 saturated carbocycles. The highest BCUT2D eigenvalue weighted by atomic mass is 16.5. The molecule has 170 valence electrons. The molecule has 6 nitrogen and oxygen atoms in total. The number of rotatable bonds is 7. The molecule has 2 aliphatic heterocycles. The number of hydrogen-bond donors (Lipinski definition) is 0. The Morgan fingerprint density at radius 2 is 1.75 bits per heavy atom. The first kappa shape index (κ1) is 22.3. The van der Waals surface area contributed by atoms with Crippen LogP contribution in [0.3, 0.4) is 0 Å². The molecule has 0 bridgehead atoms. The van der Waals surface area contributed by atoms with Gasteiger partial charge in [-0.25, -0.2) is 0 Å². The van der Waals surface area contributed by atoms with Gasteiger partial charge in [-0.2, -0.15) is 0 Å². The number of amides is 2. The monoisotopic (exact) mass is 436 g/mol. The maximum atomic E-state index is 13.2. The van der Waals surface area contributed by atoms with E-state index in [-0.39, 0.29) is 23.8 Å². The number of methoxy groups -OCH3 is 1. The van der Waals surface area contributed by atoms with Gasteiger partial charge in [0.15, 0.2) is 0 Å². The largest absolute Gasteiger partial charge is 0.497 e. The number of nitrogens with zero attached hydrogens (tertiary/aromatic N) is 2. The third-order valence-electron chi connectivity index (χ3n) is 6.44. The lowest BCUT2D eigenvalue weighted by Crippen LogP contribution is -2.49. The van der Waals surface area contributed by atoms with E-state index in [2.05, 4.69) is 12.1 Å². The maximum absolute atomic E-state index is 13.2. The molecule has 2 aromatic rings. The third-order valence-corrected chi connectivity index (χ3v) is 6.44. The lowest BCUT2D eigenvalue weighted by Gasteiger charge is -2.37. The second kappa shape index (κ2) is 10.6. The van der Waals surface area contributed by atoms with Crippen LogP contribution < -0.4 is 4.74 Å². The number of hydrogen-bond acceptors (Lipinski definition) is 4. The van der Waals surface area contributed by atoms with Crippen LogP contribution in [-0.4, -0.2) is 54.5 Å². The Hall–Kier alpha value is -2.86. The minimum absolute atomic E-state index is 0.116. The Morgan fingerprint density at radius 1 is 1.00 bits per heavy atom. The van der Waals surface area contributed by atoms with Crippen molar-refractivity contribution < 1.29 is 19.1 Å². The van der Waals surface area contributed by atoms with Gasteiger partial charge in [-0.05, 0) is 42.5 Å². The van der Waals surface area contributed by atoms with Crippen LogP contribution >= 0.6 is 0 Å². The van der Waals surface area contributed by atoms with Crippen LogP contribution in [0, 0.1) is 5.92 Å². The summed E-state index contributed by atoms with van der Waals surface area (Å²) in [6.45, 7) is 3.05. The summed E-state index contributed by atoms with van der Waals surface area (Å²) in [6.07, 6.45) is 2.97. The lowest BCUT2D eigenvalue weighted by molar-refractivity contribution is -0.145. The van der Waals surface area contributed by atoms with Gasteiger partial charge in [0, 0.05) is 32.6 Å². The van der Waals surface area contributed by atoms with Gasteiger partial charge in [-0.15, -0.1) is 0 Å². The van der Waals surface area contributed by atoms with Gasteiger partial charge in [0.25, 0.3) is 0 Å². The van der Waals surface area contributed by atoms with Gasteiger partial charge >= 0.3 is 0 Å². The number of benzene rings is 2. The summed E-state index contributed by atoms with van der Waals surface area (Å²) in [4.78, 5) is 29.4. The van der Waals surface area contributed by atoms with Crippen molar-refractivity contribution in [1.29, 1.82) is 0 Å².